The average molecular weight is 253 g/mol. The zero-order valence-corrected chi connectivity index (χ0v) is 6.96. The van der Waals surface area contributed by atoms with Crippen LogP contribution in [0.2, 0.25) is 0 Å². The van der Waals surface area contributed by atoms with Crippen molar-refractivity contribution in [2.75, 3.05) is 0 Å². The normalized spacial score (nSPS) is 21.5. The number of rotatable bonds is 0. The standard InChI is InChI=1S/C5H9.W/c1-5-3-2-4-5;/h2-4H2,1H3;/q-1;. The summed E-state index contributed by atoms with van der Waals surface area (Å²) in [5.41, 5.74) is 0. The van der Waals surface area contributed by atoms with Gasteiger partial charge in [0.1, 0.15) is 0 Å². The molecule has 0 radical (unpaired) electrons. The molecule has 0 bridgehead atoms. The first kappa shape index (κ1) is 6.69. The number of hydrogen-bond acceptors (Lipinski definition) is 0. The van der Waals surface area contributed by atoms with Gasteiger partial charge in [0, 0.05) is 21.1 Å². The smallest absolute Gasteiger partial charge is 0 e. The van der Waals surface area contributed by atoms with E-state index in [1.54, 1.807) is 5.92 Å². The monoisotopic (exact) mass is 253 g/mol. The van der Waals surface area contributed by atoms with Crippen molar-refractivity contribution in [3.8, 4) is 0 Å². The summed E-state index contributed by atoms with van der Waals surface area (Å²) in [4.78, 5) is 0. The van der Waals surface area contributed by atoms with Crippen LogP contribution in [-0.2, 0) is 21.1 Å². The Morgan fingerprint density at radius 1 is 1.33 bits per heavy atom. The first-order chi connectivity index (χ1) is 2.39. The van der Waals surface area contributed by atoms with Gasteiger partial charge in [0.2, 0.25) is 0 Å². The summed E-state index contributed by atoms with van der Waals surface area (Å²) < 4.78 is 0. The summed E-state index contributed by atoms with van der Waals surface area (Å²) in [5, 5.41) is 0. The van der Waals surface area contributed by atoms with Gasteiger partial charge in [-0.2, -0.15) is 19.8 Å². The van der Waals surface area contributed by atoms with Crippen LogP contribution < -0.4 is 0 Å². The second-order valence-electron chi connectivity index (χ2n) is 1.81. The van der Waals surface area contributed by atoms with Gasteiger partial charge < -0.3 is 5.92 Å². The molecule has 0 unspecified atom stereocenters. The van der Waals surface area contributed by atoms with E-state index in [4.69, 9.17) is 0 Å². The molecule has 0 atom stereocenters. The largest absolute Gasteiger partial charge is 0.317 e. The Morgan fingerprint density at radius 2 is 1.67 bits per heavy atom. The van der Waals surface area contributed by atoms with Crippen molar-refractivity contribution in [3.63, 3.8) is 0 Å². The van der Waals surface area contributed by atoms with Gasteiger partial charge in [-0.05, 0) is 0 Å². The van der Waals surface area contributed by atoms with Crippen LogP contribution in [0, 0.1) is 5.92 Å². The fraction of sp³-hybridized carbons (Fsp3) is 0.800. The van der Waals surface area contributed by atoms with Crippen LogP contribution in [0.4, 0.5) is 0 Å². The fourth-order valence-electron chi connectivity index (χ4n) is 0.530. The maximum Gasteiger partial charge on any atom is 0 e. The van der Waals surface area contributed by atoms with Gasteiger partial charge in [0.15, 0.2) is 0 Å². The SMILES string of the molecule is C[C-]1CCC1.[W]. The van der Waals surface area contributed by atoms with Crippen molar-refractivity contribution >= 4 is 0 Å². The summed E-state index contributed by atoms with van der Waals surface area (Å²) in [6.45, 7) is 2.23. The molecule has 6 heavy (non-hydrogen) atoms. The van der Waals surface area contributed by atoms with E-state index in [-0.39, 0.29) is 21.1 Å². The minimum Gasteiger partial charge on any atom is -0.317 e. The van der Waals surface area contributed by atoms with E-state index in [0.717, 1.165) is 0 Å². The van der Waals surface area contributed by atoms with Gasteiger partial charge in [-0.3, -0.25) is 0 Å². The van der Waals surface area contributed by atoms with Crippen LogP contribution in [0.3, 0.4) is 0 Å². The van der Waals surface area contributed by atoms with Crippen LogP contribution in [0.25, 0.3) is 0 Å². The van der Waals surface area contributed by atoms with Gasteiger partial charge in [-0.25, -0.2) is 0 Å². The molecule has 0 aromatic carbocycles. The molecule has 0 N–H and O–H groups in total. The predicted molar refractivity (Wildman–Crippen MR) is 22.8 cm³/mol. The average Bonchev–Trinajstić information content (AvgIpc) is 1.30. The van der Waals surface area contributed by atoms with Crippen LogP contribution >= 0.6 is 0 Å². The minimum absolute atomic E-state index is 0. The quantitative estimate of drug-likeness (QED) is 0.577. The second-order valence-corrected chi connectivity index (χ2v) is 1.81. The molecule has 1 rings (SSSR count). The molecular weight excluding hydrogens is 244 g/mol. The maximum atomic E-state index is 2.23. The molecule has 0 amide bonds. The molecule has 0 aromatic heterocycles. The molecular formula is C5H9W-. The van der Waals surface area contributed by atoms with Gasteiger partial charge >= 0.3 is 0 Å². The molecule has 36 valence electrons. The van der Waals surface area contributed by atoms with Crippen molar-refractivity contribution in [3.05, 3.63) is 5.92 Å². The minimum atomic E-state index is 0. The van der Waals surface area contributed by atoms with Crippen molar-refractivity contribution in [2.24, 2.45) is 0 Å². The Bertz CT molecular complexity index is 30.9. The van der Waals surface area contributed by atoms with E-state index in [9.17, 15) is 0 Å². The molecule has 1 heteroatoms. The molecule has 0 saturated heterocycles. The summed E-state index contributed by atoms with van der Waals surface area (Å²) in [7, 11) is 0. The predicted octanol–water partition coefficient (Wildman–Crippen LogP) is 1.76. The zero-order valence-electron chi connectivity index (χ0n) is 4.03. The van der Waals surface area contributed by atoms with Crippen LogP contribution in [0.1, 0.15) is 26.2 Å². The molecule has 1 saturated carbocycles. The third-order valence-corrected chi connectivity index (χ3v) is 1.21. The van der Waals surface area contributed by atoms with Crippen molar-refractivity contribution in [2.45, 2.75) is 26.2 Å². The zero-order chi connectivity index (χ0) is 3.70. The third-order valence-electron chi connectivity index (χ3n) is 1.21. The first-order valence-corrected chi connectivity index (χ1v) is 2.21. The van der Waals surface area contributed by atoms with Crippen molar-refractivity contribution < 1.29 is 21.1 Å². The third kappa shape index (κ3) is 1.43. The number of hydrogen-bond donors (Lipinski definition) is 0. The van der Waals surface area contributed by atoms with E-state index in [2.05, 4.69) is 6.92 Å². The first-order valence-electron chi connectivity index (χ1n) is 2.21. The summed E-state index contributed by atoms with van der Waals surface area (Å²) in [5.74, 6) is 1.69. The maximum absolute atomic E-state index is 2.23. The van der Waals surface area contributed by atoms with Crippen molar-refractivity contribution in [1.29, 1.82) is 0 Å². The van der Waals surface area contributed by atoms with E-state index in [1.807, 2.05) is 0 Å². The van der Waals surface area contributed by atoms with Crippen LogP contribution in [-0.4, -0.2) is 0 Å². The van der Waals surface area contributed by atoms with Crippen molar-refractivity contribution in [1.82, 2.24) is 0 Å². The molecule has 0 aromatic rings. The van der Waals surface area contributed by atoms with Crippen LogP contribution in [0.15, 0.2) is 0 Å². The Balaban J connectivity index is 0.000000250. The van der Waals surface area contributed by atoms with E-state index >= 15 is 0 Å². The van der Waals surface area contributed by atoms with E-state index in [0.29, 0.717) is 0 Å². The molecule has 0 aliphatic heterocycles. The Kier molecular flexibility index (Phi) is 3.12. The van der Waals surface area contributed by atoms with E-state index in [1.165, 1.54) is 19.3 Å². The summed E-state index contributed by atoms with van der Waals surface area (Å²) in [6, 6.07) is 0. The molecule has 1 fully saturated rings. The topological polar surface area (TPSA) is 0 Å². The Labute approximate surface area is 53.6 Å². The second kappa shape index (κ2) is 2.80. The molecule has 0 heterocycles. The molecule has 0 nitrogen and oxygen atoms in total. The molecule has 1 aliphatic carbocycles. The molecule has 1 aliphatic rings. The summed E-state index contributed by atoms with van der Waals surface area (Å²) in [6.07, 6.45) is 4.26. The van der Waals surface area contributed by atoms with Gasteiger partial charge in [-0.15, -0.1) is 6.42 Å². The molecule has 0 spiro atoms. The van der Waals surface area contributed by atoms with Gasteiger partial charge in [0.05, 0.1) is 0 Å². The van der Waals surface area contributed by atoms with Gasteiger partial charge in [-0.1, -0.05) is 0 Å². The fourth-order valence-corrected chi connectivity index (χ4v) is 0.530. The van der Waals surface area contributed by atoms with E-state index < -0.39 is 0 Å². The Morgan fingerprint density at radius 3 is 1.67 bits per heavy atom. The summed E-state index contributed by atoms with van der Waals surface area (Å²) >= 11 is 0. The Hall–Kier alpha value is 0.688. The van der Waals surface area contributed by atoms with Gasteiger partial charge in [0.25, 0.3) is 0 Å². The van der Waals surface area contributed by atoms with Crippen LogP contribution in [0.5, 0.6) is 0 Å².